The van der Waals surface area contributed by atoms with Gasteiger partial charge in [-0.05, 0) is 18.2 Å². The SMILES string of the molecule is CN(C)C(=O)Cc1cc(Oc2ccc(N)nc2)ccn1. The zero-order valence-corrected chi connectivity index (χ0v) is 11.4. The summed E-state index contributed by atoms with van der Waals surface area (Å²) < 4.78 is 5.63. The van der Waals surface area contributed by atoms with Crippen LogP contribution in [0.2, 0.25) is 0 Å². The van der Waals surface area contributed by atoms with Crippen molar-refractivity contribution < 1.29 is 9.53 Å². The molecule has 2 N–H and O–H groups in total. The summed E-state index contributed by atoms with van der Waals surface area (Å²) in [6, 6.07) is 6.85. The number of pyridine rings is 2. The molecule has 6 nitrogen and oxygen atoms in total. The van der Waals surface area contributed by atoms with Gasteiger partial charge in [0.1, 0.15) is 17.3 Å². The molecule has 0 aromatic carbocycles. The summed E-state index contributed by atoms with van der Waals surface area (Å²) in [5.41, 5.74) is 6.17. The molecule has 0 aliphatic heterocycles. The summed E-state index contributed by atoms with van der Waals surface area (Å²) in [4.78, 5) is 21.3. The zero-order valence-electron chi connectivity index (χ0n) is 11.4. The number of aromatic nitrogens is 2. The third kappa shape index (κ3) is 3.68. The minimum absolute atomic E-state index is 0.0104. The van der Waals surface area contributed by atoms with Gasteiger partial charge in [-0.3, -0.25) is 9.78 Å². The van der Waals surface area contributed by atoms with Crippen LogP contribution in [0.25, 0.3) is 0 Å². The second kappa shape index (κ2) is 6.01. The smallest absolute Gasteiger partial charge is 0.228 e. The van der Waals surface area contributed by atoms with E-state index in [1.54, 1.807) is 50.8 Å². The molecule has 2 rings (SSSR count). The molecule has 0 saturated carbocycles. The standard InChI is InChI=1S/C14H16N4O2/c1-18(2)14(19)8-10-7-11(5-6-16-10)20-12-3-4-13(15)17-9-12/h3-7,9H,8H2,1-2H3,(H2,15,17). The average molecular weight is 272 g/mol. The highest BCUT2D eigenvalue weighted by Gasteiger charge is 2.08. The van der Waals surface area contributed by atoms with Gasteiger partial charge < -0.3 is 15.4 Å². The normalized spacial score (nSPS) is 10.1. The number of anilines is 1. The summed E-state index contributed by atoms with van der Waals surface area (Å²) >= 11 is 0. The molecule has 104 valence electrons. The Morgan fingerprint density at radius 1 is 1.25 bits per heavy atom. The third-order valence-electron chi connectivity index (χ3n) is 2.61. The van der Waals surface area contributed by atoms with Crippen LogP contribution in [-0.4, -0.2) is 34.9 Å². The molecule has 0 saturated heterocycles. The molecule has 2 heterocycles. The van der Waals surface area contributed by atoms with Crippen molar-refractivity contribution in [2.45, 2.75) is 6.42 Å². The van der Waals surface area contributed by atoms with Crippen LogP contribution in [0.3, 0.4) is 0 Å². The zero-order chi connectivity index (χ0) is 14.5. The van der Waals surface area contributed by atoms with Crippen LogP contribution in [-0.2, 0) is 11.2 Å². The van der Waals surface area contributed by atoms with Crippen LogP contribution in [0.1, 0.15) is 5.69 Å². The summed E-state index contributed by atoms with van der Waals surface area (Å²) in [5, 5.41) is 0. The average Bonchev–Trinajstić information content (AvgIpc) is 2.42. The highest BCUT2D eigenvalue weighted by atomic mass is 16.5. The summed E-state index contributed by atoms with van der Waals surface area (Å²) in [5.74, 6) is 1.61. The fourth-order valence-corrected chi connectivity index (χ4v) is 1.52. The fourth-order valence-electron chi connectivity index (χ4n) is 1.52. The van der Waals surface area contributed by atoms with Crippen molar-refractivity contribution in [3.05, 3.63) is 42.4 Å². The Kier molecular flexibility index (Phi) is 4.14. The van der Waals surface area contributed by atoms with Crippen molar-refractivity contribution in [1.29, 1.82) is 0 Å². The van der Waals surface area contributed by atoms with E-state index in [1.165, 1.54) is 4.90 Å². The maximum Gasteiger partial charge on any atom is 0.228 e. The number of nitrogens with two attached hydrogens (primary N) is 1. The Bertz CT molecular complexity index is 596. The van der Waals surface area contributed by atoms with Gasteiger partial charge in [-0.2, -0.15) is 0 Å². The molecule has 0 spiro atoms. The van der Waals surface area contributed by atoms with Crippen molar-refractivity contribution in [3.63, 3.8) is 0 Å². The predicted octanol–water partition coefficient (Wildman–Crippen LogP) is 1.48. The fraction of sp³-hybridized carbons (Fsp3) is 0.214. The first-order valence-corrected chi connectivity index (χ1v) is 6.09. The number of likely N-dealkylation sites (N-methyl/N-ethyl adjacent to an activating group) is 1. The van der Waals surface area contributed by atoms with Gasteiger partial charge >= 0.3 is 0 Å². The summed E-state index contributed by atoms with van der Waals surface area (Å²) in [6.45, 7) is 0. The number of amides is 1. The monoisotopic (exact) mass is 272 g/mol. The van der Waals surface area contributed by atoms with Crippen molar-refractivity contribution in [2.24, 2.45) is 0 Å². The van der Waals surface area contributed by atoms with E-state index in [9.17, 15) is 4.79 Å². The van der Waals surface area contributed by atoms with E-state index in [0.29, 0.717) is 23.0 Å². The predicted molar refractivity (Wildman–Crippen MR) is 75.4 cm³/mol. The lowest BCUT2D eigenvalue weighted by atomic mass is 10.2. The molecule has 0 radical (unpaired) electrons. The lowest BCUT2D eigenvalue weighted by Gasteiger charge is -2.10. The molecule has 6 heteroatoms. The molecule has 0 bridgehead atoms. The largest absolute Gasteiger partial charge is 0.456 e. The molecular weight excluding hydrogens is 256 g/mol. The van der Waals surface area contributed by atoms with E-state index < -0.39 is 0 Å². The second-order valence-corrected chi connectivity index (χ2v) is 4.47. The van der Waals surface area contributed by atoms with Crippen molar-refractivity contribution in [2.75, 3.05) is 19.8 Å². The molecule has 2 aromatic heterocycles. The van der Waals surface area contributed by atoms with Crippen LogP contribution in [0.5, 0.6) is 11.5 Å². The Labute approximate surface area is 117 Å². The van der Waals surface area contributed by atoms with Crippen LogP contribution >= 0.6 is 0 Å². The van der Waals surface area contributed by atoms with Gasteiger partial charge in [0.15, 0.2) is 0 Å². The molecule has 0 atom stereocenters. The molecule has 20 heavy (non-hydrogen) atoms. The lowest BCUT2D eigenvalue weighted by molar-refractivity contribution is -0.128. The highest BCUT2D eigenvalue weighted by molar-refractivity contribution is 5.77. The van der Waals surface area contributed by atoms with Crippen LogP contribution in [0.15, 0.2) is 36.7 Å². The first-order valence-electron chi connectivity index (χ1n) is 6.09. The van der Waals surface area contributed by atoms with Crippen molar-refractivity contribution >= 4 is 11.7 Å². The summed E-state index contributed by atoms with van der Waals surface area (Å²) in [7, 11) is 3.42. The maximum absolute atomic E-state index is 11.6. The van der Waals surface area contributed by atoms with Crippen molar-refractivity contribution in [1.82, 2.24) is 14.9 Å². The van der Waals surface area contributed by atoms with Crippen LogP contribution in [0, 0.1) is 0 Å². The highest BCUT2D eigenvalue weighted by Crippen LogP contribution is 2.21. The lowest BCUT2D eigenvalue weighted by Crippen LogP contribution is -2.23. The van der Waals surface area contributed by atoms with Gasteiger partial charge in [0.2, 0.25) is 5.91 Å². The minimum Gasteiger partial charge on any atom is -0.456 e. The quantitative estimate of drug-likeness (QED) is 0.911. The molecule has 1 amide bonds. The molecule has 0 unspecified atom stereocenters. The van der Waals surface area contributed by atoms with Gasteiger partial charge in [0.05, 0.1) is 18.3 Å². The Hall–Kier alpha value is -2.63. The van der Waals surface area contributed by atoms with E-state index in [2.05, 4.69) is 9.97 Å². The number of nitrogen functional groups attached to an aromatic ring is 1. The first kappa shape index (κ1) is 13.8. The number of hydrogen-bond acceptors (Lipinski definition) is 5. The van der Waals surface area contributed by atoms with Gasteiger partial charge in [-0.15, -0.1) is 0 Å². The van der Waals surface area contributed by atoms with Crippen LogP contribution < -0.4 is 10.5 Å². The Balaban J connectivity index is 2.09. The number of ether oxygens (including phenoxy) is 1. The number of carbonyl (C=O) groups excluding carboxylic acids is 1. The van der Waals surface area contributed by atoms with E-state index in [1.807, 2.05) is 0 Å². The van der Waals surface area contributed by atoms with E-state index in [4.69, 9.17) is 10.5 Å². The van der Waals surface area contributed by atoms with Gasteiger partial charge in [-0.25, -0.2) is 4.98 Å². The topological polar surface area (TPSA) is 81.3 Å². The molecule has 0 aliphatic rings. The number of nitrogens with zero attached hydrogens (tertiary/aromatic N) is 3. The van der Waals surface area contributed by atoms with E-state index in [0.717, 1.165) is 0 Å². The van der Waals surface area contributed by atoms with Gasteiger partial charge in [0, 0.05) is 26.4 Å². The molecule has 0 aliphatic carbocycles. The maximum atomic E-state index is 11.6. The second-order valence-electron chi connectivity index (χ2n) is 4.47. The Morgan fingerprint density at radius 2 is 2.05 bits per heavy atom. The number of hydrogen-bond donors (Lipinski definition) is 1. The number of rotatable bonds is 4. The first-order chi connectivity index (χ1) is 9.54. The summed E-state index contributed by atoms with van der Waals surface area (Å²) in [6.07, 6.45) is 3.39. The van der Waals surface area contributed by atoms with Crippen molar-refractivity contribution in [3.8, 4) is 11.5 Å². The third-order valence-corrected chi connectivity index (χ3v) is 2.61. The minimum atomic E-state index is -0.0104. The van der Waals surface area contributed by atoms with Gasteiger partial charge in [-0.1, -0.05) is 0 Å². The van der Waals surface area contributed by atoms with E-state index in [-0.39, 0.29) is 12.3 Å². The molecular formula is C14H16N4O2. The molecule has 2 aromatic rings. The number of carbonyl (C=O) groups is 1. The van der Waals surface area contributed by atoms with Crippen LogP contribution in [0.4, 0.5) is 5.82 Å². The molecule has 0 fully saturated rings. The van der Waals surface area contributed by atoms with Gasteiger partial charge in [0.25, 0.3) is 0 Å². The van der Waals surface area contributed by atoms with E-state index >= 15 is 0 Å². The Morgan fingerprint density at radius 3 is 2.70 bits per heavy atom.